The van der Waals surface area contributed by atoms with Gasteiger partial charge in [-0.3, -0.25) is 4.79 Å². The van der Waals surface area contributed by atoms with Crippen LogP contribution in [0.5, 0.6) is 0 Å². The van der Waals surface area contributed by atoms with Crippen LogP contribution < -0.4 is 10.2 Å². The molecule has 0 atom stereocenters. The molecule has 0 aliphatic rings. The average molecular weight is 309 g/mol. The van der Waals surface area contributed by atoms with Gasteiger partial charge >= 0.3 is 0 Å². The van der Waals surface area contributed by atoms with Crippen molar-refractivity contribution in [3.05, 3.63) is 47.8 Å². The highest BCUT2D eigenvalue weighted by Crippen LogP contribution is 2.29. The van der Waals surface area contributed by atoms with Gasteiger partial charge in [0.1, 0.15) is 17.7 Å². The normalized spacial score (nSPS) is 10.7. The van der Waals surface area contributed by atoms with Crippen molar-refractivity contribution in [3.63, 3.8) is 0 Å². The second-order valence-electron chi connectivity index (χ2n) is 5.57. The van der Waals surface area contributed by atoms with Crippen LogP contribution >= 0.6 is 0 Å². The van der Waals surface area contributed by atoms with Crippen LogP contribution in [-0.4, -0.2) is 27.9 Å². The topological polar surface area (TPSA) is 73.9 Å². The van der Waals surface area contributed by atoms with Crippen LogP contribution in [0.15, 0.2) is 36.7 Å². The van der Waals surface area contributed by atoms with E-state index in [-0.39, 0.29) is 5.91 Å². The van der Waals surface area contributed by atoms with Gasteiger partial charge in [0.2, 0.25) is 5.91 Å². The van der Waals surface area contributed by atoms with Crippen LogP contribution in [0.3, 0.4) is 0 Å². The number of anilines is 2. The predicted molar refractivity (Wildman–Crippen MR) is 91.5 cm³/mol. The molecule has 0 saturated carbocycles. The van der Waals surface area contributed by atoms with E-state index in [0.717, 1.165) is 29.0 Å². The van der Waals surface area contributed by atoms with E-state index in [1.165, 1.54) is 12.5 Å². The molecule has 0 fully saturated rings. The first-order chi connectivity index (χ1) is 11.1. The number of amides is 1. The zero-order valence-electron chi connectivity index (χ0n) is 13.4. The summed E-state index contributed by atoms with van der Waals surface area (Å²) in [7, 11) is 1.99. The van der Waals surface area contributed by atoms with Crippen molar-refractivity contribution in [2.24, 2.45) is 0 Å². The molecular formula is C17H19N5O. The fraction of sp³-hybridized carbons (Fsp3) is 0.235. The minimum absolute atomic E-state index is 0.119. The second-order valence-corrected chi connectivity index (χ2v) is 5.57. The van der Waals surface area contributed by atoms with E-state index in [9.17, 15) is 4.79 Å². The number of hydrogen-bond acceptors (Lipinski definition) is 4. The Kier molecular flexibility index (Phi) is 3.97. The fourth-order valence-electron chi connectivity index (χ4n) is 2.64. The number of H-pyrrole nitrogens is 1. The Morgan fingerprint density at radius 1 is 1.26 bits per heavy atom. The molecule has 1 aromatic carbocycles. The van der Waals surface area contributed by atoms with Gasteiger partial charge in [-0.15, -0.1) is 0 Å². The lowest BCUT2D eigenvalue weighted by Crippen LogP contribution is -2.18. The van der Waals surface area contributed by atoms with Crippen molar-refractivity contribution in [1.82, 2.24) is 15.0 Å². The molecular weight excluding hydrogens is 290 g/mol. The van der Waals surface area contributed by atoms with Gasteiger partial charge in [0, 0.05) is 26.1 Å². The molecule has 0 bridgehead atoms. The molecule has 0 saturated heterocycles. The number of benzene rings is 1. The Morgan fingerprint density at radius 2 is 2.00 bits per heavy atom. The third-order valence-electron chi connectivity index (χ3n) is 3.73. The molecule has 6 heteroatoms. The summed E-state index contributed by atoms with van der Waals surface area (Å²) in [4.78, 5) is 25.4. The highest BCUT2D eigenvalue weighted by atomic mass is 16.1. The Balaban J connectivity index is 1.99. The SMILES string of the molecule is CC(=O)Nc1[nH]c2c(N(C)Cc3ccccc3)ncnc2c1C. The van der Waals surface area contributed by atoms with Gasteiger partial charge in [-0.1, -0.05) is 30.3 Å². The summed E-state index contributed by atoms with van der Waals surface area (Å²) in [6, 6.07) is 10.2. The third-order valence-corrected chi connectivity index (χ3v) is 3.73. The van der Waals surface area contributed by atoms with Crippen molar-refractivity contribution in [1.29, 1.82) is 0 Å². The van der Waals surface area contributed by atoms with Gasteiger partial charge < -0.3 is 15.2 Å². The van der Waals surface area contributed by atoms with E-state index < -0.39 is 0 Å². The molecule has 1 amide bonds. The van der Waals surface area contributed by atoms with Gasteiger partial charge in [-0.05, 0) is 12.5 Å². The molecule has 0 aliphatic heterocycles. The second kappa shape index (κ2) is 6.08. The maximum atomic E-state index is 11.3. The monoisotopic (exact) mass is 309 g/mol. The summed E-state index contributed by atoms with van der Waals surface area (Å²) < 4.78 is 0. The van der Waals surface area contributed by atoms with Gasteiger partial charge in [0.05, 0.1) is 5.52 Å². The summed E-state index contributed by atoms with van der Waals surface area (Å²) >= 11 is 0. The number of aromatic amines is 1. The highest BCUT2D eigenvalue weighted by molar-refractivity contribution is 5.97. The van der Waals surface area contributed by atoms with Crippen LogP contribution in [0.4, 0.5) is 11.6 Å². The molecule has 23 heavy (non-hydrogen) atoms. The molecule has 3 rings (SSSR count). The first-order valence-corrected chi connectivity index (χ1v) is 7.42. The first kappa shape index (κ1) is 15.0. The van der Waals surface area contributed by atoms with Crippen molar-refractivity contribution in [3.8, 4) is 0 Å². The Hall–Kier alpha value is -2.89. The molecule has 3 aromatic rings. The van der Waals surface area contributed by atoms with E-state index in [1.807, 2.05) is 32.2 Å². The molecule has 2 N–H and O–H groups in total. The third kappa shape index (κ3) is 3.01. The van der Waals surface area contributed by atoms with E-state index >= 15 is 0 Å². The zero-order chi connectivity index (χ0) is 16.4. The zero-order valence-corrected chi connectivity index (χ0v) is 13.4. The molecule has 0 unspecified atom stereocenters. The number of aryl methyl sites for hydroxylation is 1. The van der Waals surface area contributed by atoms with Gasteiger partial charge in [-0.2, -0.15) is 0 Å². The average Bonchev–Trinajstić information content (AvgIpc) is 2.84. The van der Waals surface area contributed by atoms with Crippen LogP contribution in [0.2, 0.25) is 0 Å². The molecule has 2 aromatic heterocycles. The molecule has 118 valence electrons. The minimum Gasteiger partial charge on any atom is -0.354 e. The molecule has 6 nitrogen and oxygen atoms in total. The van der Waals surface area contributed by atoms with E-state index in [4.69, 9.17) is 0 Å². The van der Waals surface area contributed by atoms with Crippen LogP contribution in [0.1, 0.15) is 18.1 Å². The van der Waals surface area contributed by atoms with Crippen molar-refractivity contribution >= 4 is 28.6 Å². The number of fused-ring (bicyclic) bond motifs is 1. The minimum atomic E-state index is -0.119. The first-order valence-electron chi connectivity index (χ1n) is 7.42. The van der Waals surface area contributed by atoms with E-state index in [0.29, 0.717) is 5.82 Å². The number of aromatic nitrogens is 3. The fourth-order valence-corrected chi connectivity index (χ4v) is 2.64. The van der Waals surface area contributed by atoms with Crippen molar-refractivity contribution < 1.29 is 4.79 Å². The lowest BCUT2D eigenvalue weighted by atomic mass is 10.2. The summed E-state index contributed by atoms with van der Waals surface area (Å²) in [5, 5.41) is 2.80. The maximum absolute atomic E-state index is 11.3. The Bertz CT molecular complexity index is 841. The summed E-state index contributed by atoms with van der Waals surface area (Å²) in [5.41, 5.74) is 3.75. The molecule has 0 radical (unpaired) electrons. The highest BCUT2D eigenvalue weighted by Gasteiger charge is 2.16. The van der Waals surface area contributed by atoms with E-state index in [2.05, 4.69) is 37.3 Å². The number of nitrogens with one attached hydrogen (secondary N) is 2. The number of carbonyl (C=O) groups excluding carboxylic acids is 1. The lowest BCUT2D eigenvalue weighted by Gasteiger charge is -2.18. The van der Waals surface area contributed by atoms with Gasteiger partial charge in [0.15, 0.2) is 5.82 Å². The standard InChI is InChI=1S/C17H19N5O/c1-11-14-15(21-16(11)20-12(2)23)17(19-10-18-14)22(3)9-13-7-5-4-6-8-13/h4-8,10,21H,9H2,1-3H3,(H,20,23). The van der Waals surface area contributed by atoms with Crippen LogP contribution in [0.25, 0.3) is 11.0 Å². The largest absolute Gasteiger partial charge is 0.354 e. The number of rotatable bonds is 4. The van der Waals surface area contributed by atoms with Crippen molar-refractivity contribution in [2.45, 2.75) is 20.4 Å². The maximum Gasteiger partial charge on any atom is 0.222 e. The molecule has 2 heterocycles. The number of hydrogen-bond donors (Lipinski definition) is 2. The van der Waals surface area contributed by atoms with Gasteiger partial charge in [-0.25, -0.2) is 9.97 Å². The molecule has 0 spiro atoms. The Morgan fingerprint density at radius 3 is 2.70 bits per heavy atom. The number of carbonyl (C=O) groups is 1. The summed E-state index contributed by atoms with van der Waals surface area (Å²) in [5.74, 6) is 1.35. The summed E-state index contributed by atoms with van der Waals surface area (Å²) in [6.07, 6.45) is 1.55. The molecule has 0 aliphatic carbocycles. The number of nitrogens with zero attached hydrogens (tertiary/aromatic N) is 3. The van der Waals surface area contributed by atoms with E-state index in [1.54, 1.807) is 6.33 Å². The predicted octanol–water partition coefficient (Wildman–Crippen LogP) is 2.86. The smallest absolute Gasteiger partial charge is 0.222 e. The van der Waals surface area contributed by atoms with Gasteiger partial charge in [0.25, 0.3) is 0 Å². The lowest BCUT2D eigenvalue weighted by molar-refractivity contribution is -0.114. The summed E-state index contributed by atoms with van der Waals surface area (Å²) in [6.45, 7) is 4.15. The van der Waals surface area contributed by atoms with Crippen molar-refractivity contribution in [2.75, 3.05) is 17.3 Å². The van der Waals surface area contributed by atoms with Crippen LogP contribution in [-0.2, 0) is 11.3 Å². The quantitative estimate of drug-likeness (QED) is 0.777. The Labute approximate surface area is 134 Å². The van der Waals surface area contributed by atoms with Crippen LogP contribution in [0, 0.1) is 6.92 Å².